The van der Waals surface area contributed by atoms with Crippen LogP contribution in [-0.2, 0) is 9.84 Å². The van der Waals surface area contributed by atoms with Crippen molar-refractivity contribution in [3.63, 3.8) is 0 Å². The Bertz CT molecular complexity index is 571. The molecule has 1 N–H and O–H groups in total. The molecule has 0 aromatic heterocycles. The summed E-state index contributed by atoms with van der Waals surface area (Å²) in [5, 5.41) is 8.95. The van der Waals surface area contributed by atoms with Crippen molar-refractivity contribution in [1.82, 2.24) is 0 Å². The van der Waals surface area contributed by atoms with E-state index in [4.69, 9.17) is 5.11 Å². The zero-order valence-corrected chi connectivity index (χ0v) is 11.9. The van der Waals surface area contributed by atoms with E-state index in [1.807, 2.05) is 4.90 Å². The van der Waals surface area contributed by atoms with Crippen LogP contribution in [0.3, 0.4) is 0 Å². The molecule has 0 radical (unpaired) electrons. The maximum Gasteiger partial charge on any atom is 0.335 e. The molecular weight excluding hydrogens is 322 g/mol. The second-order valence-corrected chi connectivity index (χ2v) is 7.27. The van der Waals surface area contributed by atoms with E-state index < -0.39 is 15.8 Å². The van der Waals surface area contributed by atoms with Gasteiger partial charge in [-0.2, -0.15) is 0 Å². The summed E-state index contributed by atoms with van der Waals surface area (Å²) in [6, 6.07) is 4.74. The van der Waals surface area contributed by atoms with Gasteiger partial charge in [0, 0.05) is 17.6 Å². The van der Waals surface area contributed by atoms with Crippen LogP contribution in [-0.4, -0.2) is 44.1 Å². The van der Waals surface area contributed by atoms with Crippen LogP contribution in [0.5, 0.6) is 0 Å². The van der Waals surface area contributed by atoms with Gasteiger partial charge in [-0.25, -0.2) is 13.2 Å². The Balaban J connectivity index is 2.28. The SMILES string of the molecule is O=C(O)c1ccc(Br)c(N2CCS(=O)(=O)CC2)c1. The minimum absolute atomic E-state index is 0.108. The predicted molar refractivity (Wildman–Crippen MR) is 72.0 cm³/mol. The number of benzene rings is 1. The third-order valence-corrected chi connectivity index (χ3v) is 5.16. The first-order valence-electron chi connectivity index (χ1n) is 5.37. The van der Waals surface area contributed by atoms with Gasteiger partial charge < -0.3 is 10.0 Å². The molecule has 0 unspecified atom stereocenters. The van der Waals surface area contributed by atoms with Crippen LogP contribution in [0.1, 0.15) is 10.4 Å². The zero-order valence-electron chi connectivity index (χ0n) is 9.47. The highest BCUT2D eigenvalue weighted by Gasteiger charge is 2.23. The molecular formula is C11H12BrNO4S. The van der Waals surface area contributed by atoms with Crippen molar-refractivity contribution in [2.75, 3.05) is 29.5 Å². The quantitative estimate of drug-likeness (QED) is 0.884. The lowest BCUT2D eigenvalue weighted by Gasteiger charge is -2.29. The Kier molecular flexibility index (Phi) is 3.63. The average Bonchev–Trinajstić information content (AvgIpc) is 2.30. The Morgan fingerprint density at radius 2 is 1.89 bits per heavy atom. The Morgan fingerprint density at radius 1 is 1.28 bits per heavy atom. The molecule has 1 heterocycles. The lowest BCUT2D eigenvalue weighted by Crippen LogP contribution is -2.40. The van der Waals surface area contributed by atoms with Gasteiger partial charge in [0.2, 0.25) is 0 Å². The molecule has 1 aliphatic heterocycles. The first-order valence-corrected chi connectivity index (χ1v) is 7.99. The summed E-state index contributed by atoms with van der Waals surface area (Å²) in [6.07, 6.45) is 0. The normalized spacial score (nSPS) is 18.6. The van der Waals surface area contributed by atoms with E-state index in [9.17, 15) is 13.2 Å². The number of carboxylic acid groups (broad SMARTS) is 1. The number of aromatic carboxylic acids is 1. The van der Waals surface area contributed by atoms with Crippen molar-refractivity contribution in [3.05, 3.63) is 28.2 Å². The molecule has 1 fully saturated rings. The Hall–Kier alpha value is -1.08. The number of anilines is 1. The van der Waals surface area contributed by atoms with Crippen molar-refractivity contribution in [2.24, 2.45) is 0 Å². The van der Waals surface area contributed by atoms with Crippen LogP contribution in [0.25, 0.3) is 0 Å². The van der Waals surface area contributed by atoms with Crippen molar-refractivity contribution < 1.29 is 18.3 Å². The van der Waals surface area contributed by atoms with Crippen LogP contribution >= 0.6 is 15.9 Å². The largest absolute Gasteiger partial charge is 0.478 e. The molecule has 0 bridgehead atoms. The van der Waals surface area contributed by atoms with Crippen LogP contribution in [0.15, 0.2) is 22.7 Å². The molecule has 0 spiro atoms. The van der Waals surface area contributed by atoms with E-state index in [0.29, 0.717) is 13.1 Å². The van der Waals surface area contributed by atoms with Crippen LogP contribution in [0, 0.1) is 0 Å². The lowest BCUT2D eigenvalue weighted by molar-refractivity contribution is 0.0697. The molecule has 1 aromatic rings. The second kappa shape index (κ2) is 4.89. The van der Waals surface area contributed by atoms with Gasteiger partial charge in [-0.05, 0) is 34.1 Å². The van der Waals surface area contributed by atoms with Gasteiger partial charge in [0.1, 0.15) is 0 Å². The van der Waals surface area contributed by atoms with Crippen LogP contribution < -0.4 is 4.90 Å². The maximum absolute atomic E-state index is 11.4. The summed E-state index contributed by atoms with van der Waals surface area (Å²) in [5.41, 5.74) is 0.923. The standard InChI is InChI=1S/C11H12BrNO4S/c12-9-2-1-8(11(14)15)7-10(9)13-3-5-18(16,17)6-4-13/h1-2,7H,3-6H2,(H,14,15). The van der Waals surface area contributed by atoms with Gasteiger partial charge in [-0.3, -0.25) is 0 Å². The van der Waals surface area contributed by atoms with Gasteiger partial charge in [0.05, 0.1) is 22.8 Å². The van der Waals surface area contributed by atoms with E-state index in [1.54, 1.807) is 12.1 Å². The molecule has 2 rings (SSSR count). The molecule has 1 aromatic carbocycles. The maximum atomic E-state index is 11.4. The fourth-order valence-electron chi connectivity index (χ4n) is 1.84. The summed E-state index contributed by atoms with van der Waals surface area (Å²) in [4.78, 5) is 12.8. The molecule has 1 saturated heterocycles. The molecule has 7 heteroatoms. The van der Waals surface area contributed by atoms with E-state index in [2.05, 4.69) is 15.9 Å². The molecule has 5 nitrogen and oxygen atoms in total. The van der Waals surface area contributed by atoms with E-state index in [0.717, 1.165) is 10.2 Å². The highest BCUT2D eigenvalue weighted by atomic mass is 79.9. The monoisotopic (exact) mass is 333 g/mol. The number of carboxylic acids is 1. The van der Waals surface area contributed by atoms with E-state index >= 15 is 0 Å². The molecule has 0 amide bonds. The Labute approximate surface area is 113 Å². The number of carbonyl (C=O) groups is 1. The number of sulfone groups is 1. The fourth-order valence-corrected chi connectivity index (χ4v) is 3.54. The van der Waals surface area contributed by atoms with Crippen molar-refractivity contribution in [2.45, 2.75) is 0 Å². The summed E-state index contributed by atoms with van der Waals surface area (Å²) in [7, 11) is -2.94. The third-order valence-electron chi connectivity index (χ3n) is 2.88. The number of rotatable bonds is 2. The zero-order chi connectivity index (χ0) is 13.3. The van der Waals surface area contributed by atoms with Crippen molar-refractivity contribution in [1.29, 1.82) is 0 Å². The summed E-state index contributed by atoms with van der Waals surface area (Å²) < 4.78 is 23.5. The summed E-state index contributed by atoms with van der Waals surface area (Å²) >= 11 is 3.36. The minimum atomic E-state index is -2.94. The molecule has 0 atom stereocenters. The molecule has 0 saturated carbocycles. The summed E-state index contributed by atoms with van der Waals surface area (Å²) in [6.45, 7) is 0.786. The second-order valence-electron chi connectivity index (χ2n) is 4.11. The number of halogens is 1. The predicted octanol–water partition coefficient (Wildman–Crippen LogP) is 1.38. The van der Waals surface area contributed by atoms with Crippen LogP contribution in [0.4, 0.5) is 5.69 Å². The van der Waals surface area contributed by atoms with Gasteiger partial charge in [-0.1, -0.05) is 0 Å². The first kappa shape index (κ1) is 13.4. The van der Waals surface area contributed by atoms with Gasteiger partial charge in [0.25, 0.3) is 0 Å². The number of nitrogens with zero attached hydrogens (tertiary/aromatic N) is 1. The van der Waals surface area contributed by atoms with Crippen molar-refractivity contribution in [3.8, 4) is 0 Å². The van der Waals surface area contributed by atoms with Crippen molar-refractivity contribution >= 4 is 37.4 Å². The highest BCUT2D eigenvalue weighted by Crippen LogP contribution is 2.28. The van der Waals surface area contributed by atoms with E-state index in [1.165, 1.54) is 6.07 Å². The highest BCUT2D eigenvalue weighted by molar-refractivity contribution is 9.10. The summed E-state index contributed by atoms with van der Waals surface area (Å²) in [5.74, 6) is -0.776. The number of hydrogen-bond acceptors (Lipinski definition) is 4. The molecule has 98 valence electrons. The smallest absolute Gasteiger partial charge is 0.335 e. The third kappa shape index (κ3) is 2.84. The van der Waals surface area contributed by atoms with Crippen LogP contribution in [0.2, 0.25) is 0 Å². The Morgan fingerprint density at radius 3 is 2.44 bits per heavy atom. The molecule has 18 heavy (non-hydrogen) atoms. The first-order chi connectivity index (χ1) is 8.39. The molecule has 1 aliphatic rings. The van der Waals surface area contributed by atoms with Gasteiger partial charge in [0.15, 0.2) is 9.84 Å². The molecule has 0 aliphatic carbocycles. The minimum Gasteiger partial charge on any atom is -0.478 e. The van der Waals surface area contributed by atoms with Gasteiger partial charge >= 0.3 is 5.97 Å². The number of hydrogen-bond donors (Lipinski definition) is 1. The fraction of sp³-hybridized carbons (Fsp3) is 0.364. The average molecular weight is 334 g/mol. The topological polar surface area (TPSA) is 74.7 Å². The van der Waals surface area contributed by atoms with Gasteiger partial charge in [-0.15, -0.1) is 0 Å². The van der Waals surface area contributed by atoms with E-state index in [-0.39, 0.29) is 17.1 Å². The lowest BCUT2D eigenvalue weighted by atomic mass is 10.2.